The Morgan fingerprint density at radius 1 is 1.21 bits per heavy atom. The molecule has 156 valence electrons. The molecule has 1 aliphatic rings. The molecule has 2 aromatic heterocycles. The molecule has 1 saturated heterocycles. The van der Waals surface area contributed by atoms with Gasteiger partial charge in [-0.15, -0.1) is 0 Å². The molecule has 0 spiro atoms. The number of anilines is 1. The summed E-state index contributed by atoms with van der Waals surface area (Å²) in [5.74, 6) is -1.72. The van der Waals surface area contributed by atoms with Gasteiger partial charge in [0.25, 0.3) is 0 Å². The van der Waals surface area contributed by atoms with Crippen LogP contribution in [-0.2, 0) is 33.3 Å². The summed E-state index contributed by atoms with van der Waals surface area (Å²) in [5.41, 5.74) is 6.47. The zero-order valence-electron chi connectivity index (χ0n) is 15.8. The molecule has 3 rings (SSSR count). The van der Waals surface area contributed by atoms with Crippen LogP contribution in [0.4, 0.5) is 5.95 Å². The summed E-state index contributed by atoms with van der Waals surface area (Å²) in [6, 6.07) is 0. The number of nitrogen functional groups attached to an aromatic ring is 1. The number of esters is 3. The number of ether oxygens (including phenoxy) is 4. The van der Waals surface area contributed by atoms with Gasteiger partial charge in [-0.1, -0.05) is 12.2 Å². The molecule has 13 heteroatoms. The van der Waals surface area contributed by atoms with E-state index in [4.69, 9.17) is 36.9 Å². The number of imidazole rings is 1. The molecular formula is C16H19N5O7S. The highest BCUT2D eigenvalue weighted by Crippen LogP contribution is 2.36. The van der Waals surface area contributed by atoms with Crippen LogP contribution in [0.5, 0.6) is 0 Å². The van der Waals surface area contributed by atoms with Crippen LogP contribution in [0.3, 0.4) is 0 Å². The van der Waals surface area contributed by atoms with Crippen molar-refractivity contribution in [2.75, 3.05) is 12.3 Å². The molecule has 12 nitrogen and oxygen atoms in total. The van der Waals surface area contributed by atoms with Gasteiger partial charge < -0.3 is 29.7 Å². The predicted molar refractivity (Wildman–Crippen MR) is 98.8 cm³/mol. The molecule has 3 N–H and O–H groups in total. The number of H-pyrrole nitrogens is 1. The Morgan fingerprint density at radius 2 is 1.86 bits per heavy atom. The van der Waals surface area contributed by atoms with Crippen LogP contribution < -0.4 is 5.73 Å². The van der Waals surface area contributed by atoms with Gasteiger partial charge in [0.15, 0.2) is 29.0 Å². The lowest BCUT2D eigenvalue weighted by molar-refractivity contribution is -0.166. The zero-order valence-corrected chi connectivity index (χ0v) is 16.6. The van der Waals surface area contributed by atoms with Crippen molar-refractivity contribution in [3.05, 3.63) is 11.0 Å². The predicted octanol–water partition coefficient (Wildman–Crippen LogP) is 0.395. The van der Waals surface area contributed by atoms with E-state index in [1.165, 1.54) is 31.7 Å². The second kappa shape index (κ2) is 8.13. The highest BCUT2D eigenvalue weighted by molar-refractivity contribution is 7.71. The molecule has 0 aromatic carbocycles. The number of aromatic nitrogens is 4. The third-order valence-corrected chi connectivity index (χ3v) is 4.36. The number of rotatable bonds is 5. The number of carbonyl (C=O) groups excluding carboxylic acids is 3. The third-order valence-electron chi connectivity index (χ3n) is 4.08. The number of carbonyl (C=O) groups is 3. The molecule has 0 saturated carbocycles. The molecule has 0 bridgehead atoms. The van der Waals surface area contributed by atoms with Gasteiger partial charge in [0, 0.05) is 20.8 Å². The topological polar surface area (TPSA) is 161 Å². The smallest absolute Gasteiger partial charge is 0.303 e. The van der Waals surface area contributed by atoms with Crippen LogP contribution >= 0.6 is 12.2 Å². The number of hydrogen-bond acceptors (Lipinski definition) is 11. The monoisotopic (exact) mass is 425 g/mol. The molecule has 0 radical (unpaired) electrons. The van der Waals surface area contributed by atoms with Crippen molar-refractivity contribution in [2.45, 2.75) is 45.3 Å². The Bertz CT molecular complexity index is 1020. The molecule has 1 aliphatic heterocycles. The van der Waals surface area contributed by atoms with Crippen molar-refractivity contribution in [1.29, 1.82) is 0 Å². The minimum Gasteiger partial charge on any atom is -0.463 e. The van der Waals surface area contributed by atoms with Gasteiger partial charge in [0.05, 0.1) is 6.33 Å². The minimum absolute atomic E-state index is 0.0549. The van der Waals surface area contributed by atoms with Gasteiger partial charge in [-0.25, -0.2) is 9.97 Å². The molecule has 1 fully saturated rings. The third kappa shape index (κ3) is 4.35. The van der Waals surface area contributed by atoms with E-state index >= 15 is 0 Å². The first-order valence-corrected chi connectivity index (χ1v) is 8.93. The zero-order chi connectivity index (χ0) is 21.3. The number of nitrogens with zero attached hydrogens (tertiary/aromatic N) is 3. The maximum absolute atomic E-state index is 11.7. The van der Waals surface area contributed by atoms with Crippen molar-refractivity contribution < 1.29 is 33.3 Å². The van der Waals surface area contributed by atoms with E-state index < -0.39 is 42.4 Å². The van der Waals surface area contributed by atoms with Crippen LogP contribution in [0.1, 0.15) is 27.0 Å². The summed E-state index contributed by atoms with van der Waals surface area (Å²) in [7, 11) is 0. The Morgan fingerprint density at radius 3 is 2.48 bits per heavy atom. The summed E-state index contributed by atoms with van der Waals surface area (Å²) in [6.07, 6.45) is -2.54. The van der Waals surface area contributed by atoms with Crippen LogP contribution in [0.2, 0.25) is 0 Å². The van der Waals surface area contributed by atoms with Gasteiger partial charge in [0.1, 0.15) is 23.9 Å². The van der Waals surface area contributed by atoms with E-state index in [0.717, 1.165) is 0 Å². The van der Waals surface area contributed by atoms with Gasteiger partial charge in [-0.2, -0.15) is 0 Å². The SMILES string of the molecule is CC(=O)OC[C@H]1O[C@@H](n2cnc3c(=S)nc(N)[nH]c32)C(OC(C)=O)C1OC(C)=O. The highest BCUT2D eigenvalue weighted by Gasteiger charge is 2.51. The lowest BCUT2D eigenvalue weighted by Crippen LogP contribution is -2.40. The van der Waals surface area contributed by atoms with E-state index in [9.17, 15) is 14.4 Å². The molecule has 0 aliphatic carbocycles. The fourth-order valence-electron chi connectivity index (χ4n) is 3.06. The fourth-order valence-corrected chi connectivity index (χ4v) is 3.31. The van der Waals surface area contributed by atoms with E-state index in [1.807, 2.05) is 0 Å². The number of nitrogens with two attached hydrogens (primary N) is 1. The standard InChI is InChI=1S/C16H19N5O7S/c1-6(22)25-4-9-11(26-7(2)23)12(27-8(3)24)15(28-9)21-5-18-10-13(21)19-16(17)20-14(10)29/h5,9,11-12,15H,4H2,1-3H3,(H3,17,19,20,29)/t9-,11?,12?,15-/m1/s1. The molecule has 2 unspecified atom stereocenters. The second-order valence-electron chi connectivity index (χ2n) is 6.29. The largest absolute Gasteiger partial charge is 0.463 e. The fraction of sp³-hybridized carbons (Fsp3) is 0.500. The lowest BCUT2D eigenvalue weighted by Gasteiger charge is -2.23. The van der Waals surface area contributed by atoms with Crippen LogP contribution in [0.15, 0.2) is 6.33 Å². The van der Waals surface area contributed by atoms with E-state index in [0.29, 0.717) is 11.2 Å². The number of hydrogen-bond donors (Lipinski definition) is 2. The Kier molecular flexibility index (Phi) is 5.79. The Balaban J connectivity index is 2.05. The minimum atomic E-state index is -1.05. The Labute approximate surface area is 169 Å². The highest BCUT2D eigenvalue weighted by atomic mass is 32.1. The van der Waals surface area contributed by atoms with Crippen LogP contribution in [-0.4, -0.2) is 62.3 Å². The van der Waals surface area contributed by atoms with Gasteiger partial charge >= 0.3 is 17.9 Å². The maximum atomic E-state index is 11.7. The van der Waals surface area contributed by atoms with Crippen molar-refractivity contribution in [2.24, 2.45) is 0 Å². The van der Waals surface area contributed by atoms with Gasteiger partial charge in [-0.05, 0) is 0 Å². The van der Waals surface area contributed by atoms with Crippen LogP contribution in [0, 0.1) is 4.64 Å². The first kappa shape index (κ1) is 20.7. The van der Waals surface area contributed by atoms with Gasteiger partial charge in [0.2, 0.25) is 0 Å². The summed E-state index contributed by atoms with van der Waals surface area (Å²) in [4.78, 5) is 45.5. The summed E-state index contributed by atoms with van der Waals surface area (Å²) < 4.78 is 23.3. The summed E-state index contributed by atoms with van der Waals surface area (Å²) in [5, 5.41) is 0. The maximum Gasteiger partial charge on any atom is 0.303 e. The molecule has 0 amide bonds. The average molecular weight is 425 g/mol. The quantitative estimate of drug-likeness (QED) is 0.387. The van der Waals surface area contributed by atoms with Crippen molar-refractivity contribution >= 4 is 47.2 Å². The van der Waals surface area contributed by atoms with Crippen molar-refractivity contribution in [3.63, 3.8) is 0 Å². The summed E-state index contributed by atoms with van der Waals surface area (Å²) in [6.45, 7) is 3.43. The first-order valence-electron chi connectivity index (χ1n) is 8.53. The van der Waals surface area contributed by atoms with Crippen molar-refractivity contribution in [3.8, 4) is 0 Å². The lowest BCUT2D eigenvalue weighted by atomic mass is 10.1. The van der Waals surface area contributed by atoms with E-state index in [1.54, 1.807) is 0 Å². The van der Waals surface area contributed by atoms with Gasteiger partial charge in [-0.3, -0.25) is 19.0 Å². The second-order valence-corrected chi connectivity index (χ2v) is 6.68. The first-order chi connectivity index (χ1) is 13.7. The number of fused-ring (bicyclic) bond motifs is 1. The Hall–Kier alpha value is -3.06. The molecule has 3 heterocycles. The summed E-state index contributed by atoms with van der Waals surface area (Å²) >= 11 is 5.16. The number of aromatic amines is 1. The molecule has 4 atom stereocenters. The molecule has 29 heavy (non-hydrogen) atoms. The van der Waals surface area contributed by atoms with E-state index in [2.05, 4.69) is 15.0 Å². The molecular weight excluding hydrogens is 406 g/mol. The average Bonchev–Trinajstić information content (AvgIpc) is 3.15. The van der Waals surface area contributed by atoms with E-state index in [-0.39, 0.29) is 17.2 Å². The van der Waals surface area contributed by atoms with Crippen LogP contribution in [0.25, 0.3) is 11.2 Å². The molecule has 2 aromatic rings. The normalized spacial score (nSPS) is 23.7. The van der Waals surface area contributed by atoms with Crippen molar-refractivity contribution in [1.82, 2.24) is 19.5 Å². The number of nitrogens with one attached hydrogen (secondary N) is 1.